The fourth-order valence-corrected chi connectivity index (χ4v) is 5.69. The van der Waals surface area contributed by atoms with Crippen molar-refractivity contribution in [2.45, 2.75) is 95.0 Å². The number of hydrogen-bond acceptors (Lipinski definition) is 6. The monoisotopic (exact) mass is 406 g/mol. The highest BCUT2D eigenvalue weighted by atomic mass is 16.6. The highest BCUT2D eigenvalue weighted by Crippen LogP contribution is 2.41. The average Bonchev–Trinajstić information content (AvgIpc) is 3.66. The van der Waals surface area contributed by atoms with Crippen LogP contribution in [0.2, 0.25) is 0 Å². The maximum absolute atomic E-state index is 12.3. The molecular formula is C23H34O6. The van der Waals surface area contributed by atoms with E-state index in [9.17, 15) is 9.59 Å². The van der Waals surface area contributed by atoms with Gasteiger partial charge in [0.25, 0.3) is 0 Å². The molecule has 5 fully saturated rings. The van der Waals surface area contributed by atoms with Gasteiger partial charge < -0.3 is 18.9 Å². The largest absolute Gasteiger partial charge is 0.465 e. The summed E-state index contributed by atoms with van der Waals surface area (Å²) < 4.78 is 22.2. The summed E-state index contributed by atoms with van der Waals surface area (Å²) in [4.78, 5) is 24.5. The van der Waals surface area contributed by atoms with Gasteiger partial charge in [0, 0.05) is 0 Å². The Hall–Kier alpha value is -1.14. The second kappa shape index (κ2) is 8.54. The molecule has 5 aliphatic rings. The van der Waals surface area contributed by atoms with Gasteiger partial charge in [-0.05, 0) is 82.5 Å². The number of fused-ring (bicyclic) bond motifs is 2. The summed E-state index contributed by atoms with van der Waals surface area (Å²) in [5, 5.41) is 0. The first kappa shape index (κ1) is 19.8. The molecule has 0 spiro atoms. The van der Waals surface area contributed by atoms with Gasteiger partial charge in [-0.1, -0.05) is 0 Å². The molecule has 6 atom stereocenters. The minimum absolute atomic E-state index is 0.0152. The van der Waals surface area contributed by atoms with Gasteiger partial charge in [-0.2, -0.15) is 0 Å². The van der Waals surface area contributed by atoms with Crippen LogP contribution in [0, 0.1) is 23.7 Å². The summed E-state index contributed by atoms with van der Waals surface area (Å²) >= 11 is 0. The lowest BCUT2D eigenvalue weighted by Gasteiger charge is -2.29. The predicted octanol–water partition coefficient (Wildman–Crippen LogP) is 3.40. The number of ether oxygens (including phenoxy) is 4. The predicted molar refractivity (Wildman–Crippen MR) is 104 cm³/mol. The molecular weight excluding hydrogens is 372 g/mol. The first-order valence-electron chi connectivity index (χ1n) is 11.8. The van der Waals surface area contributed by atoms with Crippen LogP contribution in [0.4, 0.5) is 0 Å². The lowest BCUT2D eigenvalue weighted by Crippen LogP contribution is -2.27. The van der Waals surface area contributed by atoms with E-state index in [0.29, 0.717) is 49.5 Å². The Morgan fingerprint density at radius 2 is 1.21 bits per heavy atom. The fourth-order valence-electron chi connectivity index (χ4n) is 5.69. The second-order valence-corrected chi connectivity index (χ2v) is 9.92. The van der Waals surface area contributed by atoms with Crippen molar-refractivity contribution in [3.8, 4) is 0 Å². The third-order valence-electron chi connectivity index (χ3n) is 7.87. The Labute approximate surface area is 173 Å². The lowest BCUT2D eigenvalue weighted by molar-refractivity contribution is -0.151. The van der Waals surface area contributed by atoms with E-state index >= 15 is 0 Å². The zero-order chi connectivity index (χ0) is 19.8. The maximum Gasteiger partial charge on any atom is 0.309 e. The molecule has 6 heteroatoms. The molecule has 2 aliphatic heterocycles. The molecule has 6 nitrogen and oxygen atoms in total. The van der Waals surface area contributed by atoms with Crippen molar-refractivity contribution in [1.29, 1.82) is 0 Å². The van der Waals surface area contributed by atoms with Crippen LogP contribution < -0.4 is 0 Å². The number of epoxide rings is 2. The molecule has 0 aromatic rings. The molecule has 0 bridgehead atoms. The number of rotatable bonds is 7. The highest BCUT2D eigenvalue weighted by molar-refractivity contribution is 5.73. The van der Waals surface area contributed by atoms with Crippen molar-refractivity contribution in [2.24, 2.45) is 23.7 Å². The lowest BCUT2D eigenvalue weighted by atomic mass is 9.81. The van der Waals surface area contributed by atoms with E-state index < -0.39 is 0 Å². The van der Waals surface area contributed by atoms with Crippen LogP contribution >= 0.6 is 0 Å². The number of hydrogen-bond donors (Lipinski definition) is 0. The standard InChI is InChI=1S/C23H34O6/c24-22(16-5-7-18-20(11-16)28-18)26-10-9-14-1-3-15(4-2-14)13-27-23(25)17-6-8-19-21(12-17)29-19/h14-21H,1-13H2/t14?,15?,16?,17?,18?,19?,20-,21?/m1/s1. The molecule has 162 valence electrons. The topological polar surface area (TPSA) is 77.7 Å². The van der Waals surface area contributed by atoms with Crippen LogP contribution in [-0.2, 0) is 28.5 Å². The van der Waals surface area contributed by atoms with Crippen molar-refractivity contribution in [3.05, 3.63) is 0 Å². The second-order valence-electron chi connectivity index (χ2n) is 9.92. The van der Waals surface area contributed by atoms with E-state index in [2.05, 4.69) is 0 Å². The molecule has 0 aromatic carbocycles. The van der Waals surface area contributed by atoms with Crippen LogP contribution in [0.3, 0.4) is 0 Å². The molecule has 2 saturated heterocycles. The quantitative estimate of drug-likeness (QED) is 0.476. The smallest absolute Gasteiger partial charge is 0.309 e. The van der Waals surface area contributed by atoms with Crippen molar-refractivity contribution < 1.29 is 28.5 Å². The van der Waals surface area contributed by atoms with Crippen LogP contribution in [0.5, 0.6) is 0 Å². The Balaban J connectivity index is 0.933. The Bertz CT molecular complexity index is 612. The Morgan fingerprint density at radius 1 is 0.655 bits per heavy atom. The van der Waals surface area contributed by atoms with E-state index in [1.54, 1.807) is 0 Å². The molecule has 0 radical (unpaired) electrons. The van der Waals surface area contributed by atoms with Crippen LogP contribution in [0.1, 0.15) is 70.6 Å². The highest BCUT2D eigenvalue weighted by Gasteiger charge is 2.47. The number of carbonyl (C=O) groups excluding carboxylic acids is 2. The maximum atomic E-state index is 12.3. The Morgan fingerprint density at radius 3 is 1.79 bits per heavy atom. The van der Waals surface area contributed by atoms with Gasteiger partial charge in [0.2, 0.25) is 0 Å². The van der Waals surface area contributed by atoms with Crippen LogP contribution in [0.15, 0.2) is 0 Å². The summed E-state index contributed by atoms with van der Waals surface area (Å²) in [5.74, 6) is 1.17. The van der Waals surface area contributed by atoms with Crippen molar-refractivity contribution in [3.63, 3.8) is 0 Å². The number of carbonyl (C=O) groups is 2. The van der Waals surface area contributed by atoms with Gasteiger partial charge in [0.1, 0.15) is 0 Å². The summed E-state index contributed by atoms with van der Waals surface area (Å²) in [6.07, 6.45) is 12.5. The first-order valence-corrected chi connectivity index (χ1v) is 11.8. The van der Waals surface area contributed by atoms with Gasteiger partial charge in [0.05, 0.1) is 49.5 Å². The third kappa shape index (κ3) is 4.96. The van der Waals surface area contributed by atoms with E-state index in [4.69, 9.17) is 18.9 Å². The van der Waals surface area contributed by atoms with E-state index in [1.807, 2.05) is 0 Å². The van der Waals surface area contributed by atoms with E-state index in [-0.39, 0.29) is 23.8 Å². The van der Waals surface area contributed by atoms with Crippen LogP contribution in [-0.4, -0.2) is 49.6 Å². The molecule has 5 unspecified atom stereocenters. The molecule has 29 heavy (non-hydrogen) atoms. The van der Waals surface area contributed by atoms with Crippen molar-refractivity contribution >= 4 is 11.9 Å². The summed E-state index contributed by atoms with van der Waals surface area (Å²) in [5.41, 5.74) is 0. The van der Waals surface area contributed by atoms with Gasteiger partial charge in [0.15, 0.2) is 0 Å². The van der Waals surface area contributed by atoms with Crippen LogP contribution in [0.25, 0.3) is 0 Å². The summed E-state index contributed by atoms with van der Waals surface area (Å²) in [6, 6.07) is 0. The number of esters is 2. The molecule has 5 rings (SSSR count). The minimum atomic E-state index is -0.0230. The summed E-state index contributed by atoms with van der Waals surface area (Å²) in [7, 11) is 0. The normalized spacial score (nSPS) is 42.9. The van der Waals surface area contributed by atoms with Gasteiger partial charge in [-0.25, -0.2) is 0 Å². The minimum Gasteiger partial charge on any atom is -0.465 e. The van der Waals surface area contributed by atoms with Gasteiger partial charge >= 0.3 is 11.9 Å². The molecule has 2 heterocycles. The molecule has 0 N–H and O–H groups in total. The first-order chi connectivity index (χ1) is 14.2. The molecule has 3 aliphatic carbocycles. The van der Waals surface area contributed by atoms with E-state index in [1.165, 1.54) is 0 Å². The summed E-state index contributed by atoms with van der Waals surface area (Å²) in [6.45, 7) is 1.11. The Kier molecular flexibility index (Phi) is 5.83. The van der Waals surface area contributed by atoms with Crippen molar-refractivity contribution in [1.82, 2.24) is 0 Å². The third-order valence-corrected chi connectivity index (χ3v) is 7.87. The molecule has 0 amide bonds. The van der Waals surface area contributed by atoms with Gasteiger partial charge in [-0.3, -0.25) is 9.59 Å². The fraction of sp³-hybridized carbons (Fsp3) is 0.913. The molecule has 3 saturated carbocycles. The SMILES string of the molecule is O=C(OCC1CCC(CCOC(=O)C2CCC3O[C@@H]3C2)CC1)C1CCC2OC2C1. The zero-order valence-corrected chi connectivity index (χ0v) is 17.3. The van der Waals surface area contributed by atoms with Crippen molar-refractivity contribution in [2.75, 3.05) is 13.2 Å². The average molecular weight is 407 g/mol. The van der Waals surface area contributed by atoms with E-state index in [0.717, 1.165) is 70.6 Å². The van der Waals surface area contributed by atoms with Gasteiger partial charge in [-0.15, -0.1) is 0 Å². The molecule has 0 aromatic heterocycles. The zero-order valence-electron chi connectivity index (χ0n) is 17.3.